The summed E-state index contributed by atoms with van der Waals surface area (Å²) >= 11 is 0. The van der Waals surface area contributed by atoms with Gasteiger partial charge in [-0.2, -0.15) is 13.2 Å². The predicted molar refractivity (Wildman–Crippen MR) is 122 cm³/mol. The van der Waals surface area contributed by atoms with E-state index in [-0.39, 0.29) is 30.1 Å². The quantitative estimate of drug-likeness (QED) is 0.613. The van der Waals surface area contributed by atoms with Gasteiger partial charge in [0.2, 0.25) is 5.91 Å². The fourth-order valence-electron chi connectivity index (χ4n) is 4.11. The van der Waals surface area contributed by atoms with Gasteiger partial charge >= 0.3 is 6.18 Å². The zero-order valence-corrected chi connectivity index (χ0v) is 19.1. The minimum absolute atomic E-state index is 0.0127. The van der Waals surface area contributed by atoms with Gasteiger partial charge in [0.1, 0.15) is 5.75 Å². The lowest BCUT2D eigenvalue weighted by Gasteiger charge is -2.37. The monoisotopic (exact) mass is 463 g/mol. The summed E-state index contributed by atoms with van der Waals surface area (Å²) in [4.78, 5) is 17.1. The van der Waals surface area contributed by atoms with Gasteiger partial charge in [0, 0.05) is 38.6 Å². The molecule has 5 nitrogen and oxygen atoms in total. The third-order valence-electron chi connectivity index (χ3n) is 5.74. The largest absolute Gasteiger partial charge is 0.493 e. The first-order valence-electron chi connectivity index (χ1n) is 11.2. The lowest BCUT2D eigenvalue weighted by molar-refractivity contribution is -0.137. The molecule has 0 saturated carbocycles. The standard InChI is InChI=1S/C25H32F3N3O2/c1-30(2)12-11-29-24(32)21-13-20(16-31(17-21)15-19-7-4-3-5-8-19)18-33-23-10-6-9-22(14-23)25(26,27)28/h3-10,14,20-21H,11-13,15-18H2,1-2H3,(H,29,32)/t20-,21+/m0/s1. The Hall–Kier alpha value is -2.58. The van der Waals surface area contributed by atoms with Gasteiger partial charge in [0.15, 0.2) is 0 Å². The molecule has 0 aliphatic carbocycles. The second-order valence-electron chi connectivity index (χ2n) is 8.91. The summed E-state index contributed by atoms with van der Waals surface area (Å²) in [6.07, 6.45) is -3.77. The number of likely N-dealkylation sites (N-methyl/N-ethyl adjacent to an activating group) is 1. The normalized spacial score (nSPS) is 19.5. The summed E-state index contributed by atoms with van der Waals surface area (Å²) in [6.45, 7) is 3.66. The number of halogens is 3. The van der Waals surface area contributed by atoms with E-state index in [1.54, 1.807) is 0 Å². The molecule has 1 fully saturated rings. The molecule has 33 heavy (non-hydrogen) atoms. The zero-order valence-electron chi connectivity index (χ0n) is 19.1. The Morgan fingerprint density at radius 1 is 1.12 bits per heavy atom. The second kappa shape index (κ2) is 11.5. The molecule has 0 bridgehead atoms. The summed E-state index contributed by atoms with van der Waals surface area (Å²) in [5.74, 6) is 0.0389. The highest BCUT2D eigenvalue weighted by atomic mass is 19.4. The molecule has 0 aromatic heterocycles. The number of hydrogen-bond acceptors (Lipinski definition) is 4. The van der Waals surface area contributed by atoms with Crippen molar-refractivity contribution < 1.29 is 22.7 Å². The van der Waals surface area contributed by atoms with Gasteiger partial charge in [0.05, 0.1) is 18.1 Å². The molecule has 0 unspecified atom stereocenters. The van der Waals surface area contributed by atoms with Crippen molar-refractivity contribution in [1.29, 1.82) is 0 Å². The Balaban J connectivity index is 1.65. The third kappa shape index (κ3) is 8.05. The van der Waals surface area contributed by atoms with E-state index in [9.17, 15) is 18.0 Å². The number of rotatable bonds is 9. The lowest BCUT2D eigenvalue weighted by Crippen LogP contribution is -2.48. The Labute approximate surface area is 193 Å². The maximum absolute atomic E-state index is 13.0. The van der Waals surface area contributed by atoms with E-state index in [1.807, 2.05) is 37.2 Å². The van der Waals surface area contributed by atoms with Crippen molar-refractivity contribution in [2.75, 3.05) is 46.9 Å². The molecular weight excluding hydrogens is 431 g/mol. The number of nitrogens with one attached hydrogen (secondary N) is 1. The number of amides is 1. The first-order chi connectivity index (χ1) is 15.7. The molecule has 1 heterocycles. The molecule has 3 rings (SSSR count). The van der Waals surface area contributed by atoms with Gasteiger partial charge in [0.25, 0.3) is 0 Å². The third-order valence-corrected chi connectivity index (χ3v) is 5.74. The molecule has 1 N–H and O–H groups in total. The van der Waals surface area contributed by atoms with Crippen LogP contribution in [0, 0.1) is 11.8 Å². The molecule has 0 spiro atoms. The highest BCUT2D eigenvalue weighted by Crippen LogP contribution is 2.32. The van der Waals surface area contributed by atoms with Gasteiger partial charge in [-0.1, -0.05) is 36.4 Å². The number of likely N-dealkylation sites (tertiary alicyclic amines) is 1. The topological polar surface area (TPSA) is 44.8 Å². The van der Waals surface area contributed by atoms with Crippen LogP contribution >= 0.6 is 0 Å². The Morgan fingerprint density at radius 3 is 2.58 bits per heavy atom. The van der Waals surface area contributed by atoms with Crippen LogP contribution in [0.25, 0.3) is 0 Å². The number of ether oxygens (including phenoxy) is 1. The summed E-state index contributed by atoms with van der Waals surface area (Å²) in [5.41, 5.74) is 0.427. The van der Waals surface area contributed by atoms with Crippen LogP contribution in [-0.4, -0.2) is 62.6 Å². The number of hydrogen-bond donors (Lipinski definition) is 1. The molecule has 2 atom stereocenters. The SMILES string of the molecule is CN(C)CCNC(=O)[C@@H]1C[C@H](COc2cccc(C(F)(F)F)c2)CN(Cc2ccccc2)C1. The molecule has 1 amide bonds. The number of benzene rings is 2. The first kappa shape index (κ1) is 25.1. The Morgan fingerprint density at radius 2 is 1.88 bits per heavy atom. The number of nitrogens with zero attached hydrogens (tertiary/aromatic N) is 2. The van der Waals surface area contributed by atoms with E-state index < -0.39 is 11.7 Å². The van der Waals surface area contributed by atoms with Crippen LogP contribution in [0.5, 0.6) is 5.75 Å². The van der Waals surface area contributed by atoms with E-state index in [4.69, 9.17) is 4.74 Å². The maximum Gasteiger partial charge on any atom is 0.416 e. The number of piperidine rings is 1. The fourth-order valence-corrected chi connectivity index (χ4v) is 4.11. The van der Waals surface area contributed by atoms with Crippen molar-refractivity contribution in [3.05, 3.63) is 65.7 Å². The molecule has 2 aromatic carbocycles. The average Bonchev–Trinajstić information content (AvgIpc) is 2.77. The molecule has 180 valence electrons. The van der Waals surface area contributed by atoms with Gasteiger partial charge in [-0.15, -0.1) is 0 Å². The highest BCUT2D eigenvalue weighted by molar-refractivity contribution is 5.79. The zero-order chi connectivity index (χ0) is 23.8. The Kier molecular flexibility index (Phi) is 8.74. The van der Waals surface area contributed by atoms with Crippen LogP contribution in [0.2, 0.25) is 0 Å². The van der Waals surface area contributed by atoms with E-state index in [1.165, 1.54) is 12.1 Å². The molecule has 1 aliphatic heterocycles. The smallest absolute Gasteiger partial charge is 0.416 e. The predicted octanol–water partition coefficient (Wildman–Crippen LogP) is 3.90. The summed E-state index contributed by atoms with van der Waals surface area (Å²) in [6, 6.07) is 15.0. The summed E-state index contributed by atoms with van der Waals surface area (Å²) in [7, 11) is 3.91. The van der Waals surface area contributed by atoms with Gasteiger partial charge in [-0.3, -0.25) is 9.69 Å². The van der Waals surface area contributed by atoms with Gasteiger partial charge in [-0.25, -0.2) is 0 Å². The van der Waals surface area contributed by atoms with E-state index in [0.29, 0.717) is 26.1 Å². The first-order valence-corrected chi connectivity index (χ1v) is 11.2. The highest BCUT2D eigenvalue weighted by Gasteiger charge is 2.33. The van der Waals surface area contributed by atoms with Crippen molar-refractivity contribution >= 4 is 5.91 Å². The van der Waals surface area contributed by atoms with Crippen molar-refractivity contribution in [3.63, 3.8) is 0 Å². The second-order valence-corrected chi connectivity index (χ2v) is 8.91. The van der Waals surface area contributed by atoms with Crippen molar-refractivity contribution in [2.24, 2.45) is 11.8 Å². The maximum atomic E-state index is 13.0. The van der Waals surface area contributed by atoms with Gasteiger partial charge in [-0.05, 0) is 44.3 Å². The Bertz CT molecular complexity index is 890. The molecule has 0 radical (unpaired) electrons. The van der Waals surface area contributed by atoms with Crippen LogP contribution in [-0.2, 0) is 17.5 Å². The minimum Gasteiger partial charge on any atom is -0.493 e. The minimum atomic E-state index is -4.41. The van der Waals surface area contributed by atoms with Gasteiger partial charge < -0.3 is 15.0 Å². The van der Waals surface area contributed by atoms with Crippen molar-refractivity contribution in [3.8, 4) is 5.75 Å². The molecular formula is C25H32F3N3O2. The number of carbonyl (C=O) groups is 1. The molecule has 1 aliphatic rings. The van der Waals surface area contributed by atoms with Crippen LogP contribution in [0.3, 0.4) is 0 Å². The van der Waals surface area contributed by atoms with Crippen LogP contribution in [0.4, 0.5) is 13.2 Å². The van der Waals surface area contributed by atoms with E-state index in [2.05, 4.69) is 22.3 Å². The lowest BCUT2D eigenvalue weighted by atomic mass is 9.88. The summed E-state index contributed by atoms with van der Waals surface area (Å²) < 4.78 is 44.8. The molecule has 8 heteroatoms. The van der Waals surface area contributed by atoms with E-state index >= 15 is 0 Å². The summed E-state index contributed by atoms with van der Waals surface area (Å²) in [5, 5.41) is 3.01. The van der Waals surface area contributed by atoms with Crippen molar-refractivity contribution in [1.82, 2.24) is 15.1 Å². The van der Waals surface area contributed by atoms with Crippen LogP contribution < -0.4 is 10.1 Å². The fraction of sp³-hybridized carbons (Fsp3) is 0.480. The number of carbonyl (C=O) groups excluding carboxylic acids is 1. The average molecular weight is 464 g/mol. The molecule has 1 saturated heterocycles. The van der Waals surface area contributed by atoms with E-state index in [0.717, 1.165) is 30.8 Å². The van der Waals surface area contributed by atoms with Crippen LogP contribution in [0.1, 0.15) is 17.5 Å². The van der Waals surface area contributed by atoms with Crippen LogP contribution in [0.15, 0.2) is 54.6 Å². The number of alkyl halides is 3. The molecule has 2 aromatic rings. The van der Waals surface area contributed by atoms with Crippen molar-refractivity contribution in [2.45, 2.75) is 19.1 Å².